The molecule has 1 N–H and O–H groups in total. The van der Waals surface area contributed by atoms with Crippen molar-refractivity contribution >= 4 is 33.5 Å². The summed E-state index contributed by atoms with van der Waals surface area (Å²) in [4.78, 5) is 24.6. The lowest BCUT2D eigenvalue weighted by Crippen LogP contribution is -2.60. The van der Waals surface area contributed by atoms with Gasteiger partial charge in [0.15, 0.2) is 0 Å². The predicted molar refractivity (Wildman–Crippen MR) is 89.6 cm³/mol. The van der Waals surface area contributed by atoms with Crippen LogP contribution in [-0.2, 0) is 14.8 Å². The smallest absolute Gasteiger partial charge is 0.318 e. The van der Waals surface area contributed by atoms with Crippen molar-refractivity contribution in [2.75, 3.05) is 26.2 Å². The fourth-order valence-electron chi connectivity index (χ4n) is 2.50. The van der Waals surface area contributed by atoms with Gasteiger partial charge >= 0.3 is 5.97 Å². The molecule has 2 rings (SSSR count). The van der Waals surface area contributed by atoms with E-state index in [0.29, 0.717) is 17.0 Å². The van der Waals surface area contributed by atoms with Crippen molar-refractivity contribution in [2.45, 2.75) is 18.6 Å². The van der Waals surface area contributed by atoms with Crippen LogP contribution in [0.2, 0.25) is 5.02 Å². The standard InChI is InChI=1S/C15H19ClN2O5S/c1-2-6-18(10-14(19)20)24(22,23)13-8-17(9-13)15(21)11-4-3-5-12(16)7-11/h3-5,7,13H,2,6,8-10H2,1H3,(H,19,20). The van der Waals surface area contributed by atoms with E-state index in [1.54, 1.807) is 25.1 Å². The molecule has 7 nitrogen and oxygen atoms in total. The van der Waals surface area contributed by atoms with Crippen molar-refractivity contribution in [3.05, 3.63) is 34.9 Å². The van der Waals surface area contributed by atoms with E-state index >= 15 is 0 Å². The number of hydrogen-bond donors (Lipinski definition) is 1. The first kappa shape index (κ1) is 18.7. The van der Waals surface area contributed by atoms with Gasteiger partial charge in [0, 0.05) is 30.2 Å². The lowest BCUT2D eigenvalue weighted by atomic mass is 10.1. The van der Waals surface area contributed by atoms with Crippen LogP contribution in [0.25, 0.3) is 0 Å². The highest BCUT2D eigenvalue weighted by atomic mass is 35.5. The Kier molecular flexibility index (Phi) is 5.84. The summed E-state index contributed by atoms with van der Waals surface area (Å²) in [5.41, 5.74) is 0.397. The van der Waals surface area contributed by atoms with Crippen LogP contribution in [-0.4, -0.2) is 66.0 Å². The van der Waals surface area contributed by atoms with Crippen LogP contribution in [0.15, 0.2) is 24.3 Å². The Bertz CT molecular complexity index is 731. The molecule has 1 saturated heterocycles. The van der Waals surface area contributed by atoms with Gasteiger partial charge in [-0.15, -0.1) is 0 Å². The molecule has 0 bridgehead atoms. The third kappa shape index (κ3) is 4.06. The second-order valence-electron chi connectivity index (χ2n) is 5.61. The van der Waals surface area contributed by atoms with Gasteiger partial charge in [-0.05, 0) is 24.6 Å². The zero-order valence-electron chi connectivity index (χ0n) is 13.2. The van der Waals surface area contributed by atoms with Gasteiger partial charge in [-0.3, -0.25) is 9.59 Å². The molecule has 1 aliphatic heterocycles. The molecule has 0 aromatic heterocycles. The van der Waals surface area contributed by atoms with Gasteiger partial charge in [0.25, 0.3) is 5.91 Å². The highest BCUT2D eigenvalue weighted by molar-refractivity contribution is 7.89. The summed E-state index contributed by atoms with van der Waals surface area (Å²) in [7, 11) is -3.75. The molecule has 1 aromatic carbocycles. The Morgan fingerprint density at radius 1 is 1.38 bits per heavy atom. The number of benzene rings is 1. The summed E-state index contributed by atoms with van der Waals surface area (Å²) >= 11 is 5.85. The largest absolute Gasteiger partial charge is 0.480 e. The summed E-state index contributed by atoms with van der Waals surface area (Å²) in [6.45, 7) is 1.46. The fourth-order valence-corrected chi connectivity index (χ4v) is 4.58. The van der Waals surface area contributed by atoms with Crippen LogP contribution in [0, 0.1) is 0 Å². The number of hydrogen-bond acceptors (Lipinski definition) is 4. The zero-order valence-corrected chi connectivity index (χ0v) is 14.8. The van der Waals surface area contributed by atoms with Crippen LogP contribution in [0.3, 0.4) is 0 Å². The summed E-state index contributed by atoms with van der Waals surface area (Å²) in [5, 5.41) is 8.54. The second kappa shape index (κ2) is 7.50. The van der Waals surface area contributed by atoms with E-state index in [1.807, 2.05) is 0 Å². The maximum Gasteiger partial charge on any atom is 0.318 e. The maximum atomic E-state index is 12.5. The number of nitrogens with zero attached hydrogens (tertiary/aromatic N) is 2. The molecule has 1 fully saturated rings. The number of carboxylic acid groups (broad SMARTS) is 1. The van der Waals surface area contributed by atoms with Crippen molar-refractivity contribution in [2.24, 2.45) is 0 Å². The van der Waals surface area contributed by atoms with Crippen LogP contribution in [0.1, 0.15) is 23.7 Å². The molecule has 1 amide bonds. The number of sulfonamides is 1. The number of halogens is 1. The van der Waals surface area contributed by atoms with Crippen molar-refractivity contribution in [3.63, 3.8) is 0 Å². The van der Waals surface area contributed by atoms with Gasteiger partial charge in [-0.25, -0.2) is 8.42 Å². The van der Waals surface area contributed by atoms with Crippen LogP contribution < -0.4 is 0 Å². The lowest BCUT2D eigenvalue weighted by molar-refractivity contribution is -0.137. The first-order chi connectivity index (χ1) is 11.3. The van der Waals surface area contributed by atoms with Gasteiger partial charge in [0.05, 0.1) is 0 Å². The number of amides is 1. The van der Waals surface area contributed by atoms with E-state index in [-0.39, 0.29) is 25.5 Å². The Balaban J connectivity index is 2.04. The molecule has 0 unspecified atom stereocenters. The second-order valence-corrected chi connectivity index (χ2v) is 8.26. The minimum Gasteiger partial charge on any atom is -0.480 e. The Hall–Kier alpha value is -1.64. The highest BCUT2D eigenvalue weighted by Gasteiger charge is 2.43. The van der Waals surface area contributed by atoms with E-state index in [4.69, 9.17) is 16.7 Å². The molecule has 0 atom stereocenters. The molecule has 9 heteroatoms. The number of carbonyl (C=O) groups is 2. The number of aliphatic carboxylic acids is 1. The van der Waals surface area contributed by atoms with Gasteiger partial charge in [-0.2, -0.15) is 4.31 Å². The summed E-state index contributed by atoms with van der Waals surface area (Å²) < 4.78 is 26.0. The monoisotopic (exact) mass is 374 g/mol. The van der Waals surface area contributed by atoms with Gasteiger partial charge in [0.1, 0.15) is 11.8 Å². The normalized spacial score (nSPS) is 15.4. The maximum absolute atomic E-state index is 12.5. The quantitative estimate of drug-likeness (QED) is 0.776. The topological polar surface area (TPSA) is 95.0 Å². The molecule has 132 valence electrons. The molecule has 1 aromatic rings. The molecule has 0 saturated carbocycles. The Morgan fingerprint density at radius 2 is 2.04 bits per heavy atom. The Morgan fingerprint density at radius 3 is 2.58 bits per heavy atom. The van der Waals surface area contributed by atoms with Crippen LogP contribution in [0.4, 0.5) is 0 Å². The van der Waals surface area contributed by atoms with E-state index < -0.39 is 27.8 Å². The molecule has 1 aliphatic rings. The zero-order chi connectivity index (χ0) is 17.9. The van der Waals surface area contributed by atoms with Crippen molar-refractivity contribution in [1.82, 2.24) is 9.21 Å². The number of carbonyl (C=O) groups excluding carboxylic acids is 1. The summed E-state index contributed by atoms with van der Waals surface area (Å²) in [5.74, 6) is -1.48. The van der Waals surface area contributed by atoms with Crippen molar-refractivity contribution in [1.29, 1.82) is 0 Å². The Labute approximate surface area is 145 Å². The molecular formula is C15H19ClN2O5S. The van der Waals surface area contributed by atoms with E-state index in [0.717, 1.165) is 4.31 Å². The summed E-state index contributed by atoms with van der Waals surface area (Å²) in [6, 6.07) is 6.44. The molecule has 0 aliphatic carbocycles. The molecule has 0 spiro atoms. The average molecular weight is 375 g/mol. The fraction of sp³-hybridized carbons (Fsp3) is 0.467. The third-order valence-corrected chi connectivity index (χ3v) is 6.18. The van der Waals surface area contributed by atoms with E-state index in [1.165, 1.54) is 11.0 Å². The lowest BCUT2D eigenvalue weighted by Gasteiger charge is -2.40. The first-order valence-corrected chi connectivity index (χ1v) is 9.39. The molecule has 0 radical (unpaired) electrons. The number of rotatable bonds is 7. The summed E-state index contributed by atoms with van der Waals surface area (Å²) in [6.07, 6.45) is 0.518. The third-order valence-electron chi connectivity index (χ3n) is 3.77. The van der Waals surface area contributed by atoms with Crippen LogP contribution in [0.5, 0.6) is 0 Å². The molecule has 24 heavy (non-hydrogen) atoms. The minimum atomic E-state index is -3.75. The number of carboxylic acids is 1. The van der Waals surface area contributed by atoms with Gasteiger partial charge in [-0.1, -0.05) is 24.6 Å². The van der Waals surface area contributed by atoms with Gasteiger partial charge < -0.3 is 10.0 Å². The minimum absolute atomic E-state index is 0.0491. The van der Waals surface area contributed by atoms with E-state index in [2.05, 4.69) is 0 Å². The SMILES string of the molecule is CCCN(CC(=O)O)S(=O)(=O)C1CN(C(=O)c2cccc(Cl)c2)C1. The average Bonchev–Trinajstić information content (AvgIpc) is 2.44. The predicted octanol–water partition coefficient (Wildman–Crippen LogP) is 1.29. The molecule has 1 heterocycles. The van der Waals surface area contributed by atoms with Crippen molar-refractivity contribution in [3.8, 4) is 0 Å². The van der Waals surface area contributed by atoms with E-state index in [9.17, 15) is 18.0 Å². The van der Waals surface area contributed by atoms with Crippen LogP contribution >= 0.6 is 11.6 Å². The highest BCUT2D eigenvalue weighted by Crippen LogP contribution is 2.23. The first-order valence-electron chi connectivity index (χ1n) is 7.51. The molecular weight excluding hydrogens is 356 g/mol. The van der Waals surface area contributed by atoms with Gasteiger partial charge in [0.2, 0.25) is 10.0 Å². The van der Waals surface area contributed by atoms with Crippen molar-refractivity contribution < 1.29 is 23.1 Å². The number of likely N-dealkylation sites (tertiary alicyclic amines) is 1.